The molecule has 122 valence electrons. The number of carbonyl (C=O) groups excluding carboxylic acids is 2. The van der Waals surface area contributed by atoms with Crippen molar-refractivity contribution in [2.24, 2.45) is 5.73 Å². The number of hydrogen-bond donors (Lipinski definition) is 1. The zero-order valence-electron chi connectivity index (χ0n) is 13.0. The number of fused-ring (bicyclic) bond motifs is 1. The maximum absolute atomic E-state index is 11.0. The Morgan fingerprint density at radius 1 is 1.17 bits per heavy atom. The van der Waals surface area contributed by atoms with E-state index >= 15 is 0 Å². The molecule has 1 saturated heterocycles. The zero-order chi connectivity index (χ0) is 16.7. The van der Waals surface area contributed by atoms with E-state index in [1.54, 1.807) is 12.1 Å². The number of nitrogens with zero attached hydrogens (tertiary/aromatic N) is 1. The predicted octanol–water partition coefficient (Wildman–Crippen LogP) is 3.18. The van der Waals surface area contributed by atoms with E-state index in [2.05, 4.69) is 0 Å². The largest absolute Gasteiger partial charge is 0.343 e. The second-order valence-corrected chi connectivity index (χ2v) is 5.81. The maximum atomic E-state index is 11.0. The first-order chi connectivity index (χ1) is 11.1. The van der Waals surface area contributed by atoms with E-state index < -0.39 is 5.24 Å². The SMILES string of the molecule is NCCCN1CCCC1=O.O=C(Cl)c1ccc2ccccc2c1. The molecule has 0 bridgehead atoms. The van der Waals surface area contributed by atoms with Crippen LogP contribution in [0.4, 0.5) is 0 Å². The van der Waals surface area contributed by atoms with E-state index in [0.717, 1.165) is 43.1 Å². The summed E-state index contributed by atoms with van der Waals surface area (Å²) in [6.07, 6.45) is 2.71. The molecule has 23 heavy (non-hydrogen) atoms. The number of benzene rings is 2. The lowest BCUT2D eigenvalue weighted by Crippen LogP contribution is -2.27. The molecule has 5 heteroatoms. The standard InChI is InChI=1S/C11H7ClO.C7H14N2O/c12-11(13)10-6-5-8-3-1-2-4-9(8)7-10;8-4-2-6-9-5-1-3-7(9)10/h1-7H;1-6,8H2. The molecule has 0 radical (unpaired) electrons. The number of rotatable bonds is 4. The molecule has 1 fully saturated rings. The van der Waals surface area contributed by atoms with Crippen LogP contribution in [0.15, 0.2) is 42.5 Å². The number of halogens is 1. The average Bonchev–Trinajstić information content (AvgIpc) is 2.98. The minimum atomic E-state index is -0.411. The van der Waals surface area contributed by atoms with Crippen LogP contribution in [0.1, 0.15) is 29.6 Å². The van der Waals surface area contributed by atoms with Gasteiger partial charge in [-0.1, -0.05) is 30.3 Å². The van der Waals surface area contributed by atoms with E-state index in [4.69, 9.17) is 17.3 Å². The van der Waals surface area contributed by atoms with Gasteiger partial charge >= 0.3 is 0 Å². The summed E-state index contributed by atoms with van der Waals surface area (Å²) in [4.78, 5) is 23.7. The minimum absolute atomic E-state index is 0.299. The van der Waals surface area contributed by atoms with Crippen molar-refractivity contribution < 1.29 is 9.59 Å². The fraction of sp³-hybridized carbons (Fsp3) is 0.333. The van der Waals surface area contributed by atoms with Crippen LogP contribution in [0.5, 0.6) is 0 Å². The average molecular weight is 333 g/mol. The molecular weight excluding hydrogens is 312 g/mol. The second-order valence-electron chi connectivity index (χ2n) is 5.46. The topological polar surface area (TPSA) is 63.4 Å². The second kappa shape index (κ2) is 8.65. The first kappa shape index (κ1) is 17.4. The molecule has 0 saturated carbocycles. The van der Waals surface area contributed by atoms with Gasteiger partial charge in [0.25, 0.3) is 5.24 Å². The van der Waals surface area contributed by atoms with Crippen molar-refractivity contribution in [3.8, 4) is 0 Å². The van der Waals surface area contributed by atoms with Crippen LogP contribution in [0.3, 0.4) is 0 Å². The van der Waals surface area contributed by atoms with Gasteiger partial charge in [0.1, 0.15) is 0 Å². The van der Waals surface area contributed by atoms with Gasteiger partial charge in [-0.15, -0.1) is 0 Å². The highest BCUT2D eigenvalue weighted by atomic mass is 35.5. The first-order valence-electron chi connectivity index (χ1n) is 7.78. The fourth-order valence-electron chi connectivity index (χ4n) is 2.53. The molecule has 2 aromatic rings. The monoisotopic (exact) mass is 332 g/mol. The molecule has 1 heterocycles. The van der Waals surface area contributed by atoms with Crippen molar-refractivity contribution in [3.63, 3.8) is 0 Å². The molecule has 3 rings (SSSR count). The summed E-state index contributed by atoms with van der Waals surface area (Å²) >= 11 is 5.36. The van der Waals surface area contributed by atoms with Gasteiger partial charge < -0.3 is 10.6 Å². The van der Waals surface area contributed by atoms with Crippen LogP contribution in [0, 0.1) is 0 Å². The number of nitrogens with two attached hydrogens (primary N) is 1. The van der Waals surface area contributed by atoms with E-state index in [9.17, 15) is 9.59 Å². The molecule has 4 nitrogen and oxygen atoms in total. The lowest BCUT2D eigenvalue weighted by molar-refractivity contribution is -0.127. The summed E-state index contributed by atoms with van der Waals surface area (Å²) in [6.45, 7) is 2.48. The third kappa shape index (κ3) is 5.05. The number of likely N-dealkylation sites (tertiary alicyclic amines) is 1. The molecule has 0 aliphatic carbocycles. The number of amides is 1. The zero-order valence-corrected chi connectivity index (χ0v) is 13.8. The lowest BCUT2D eigenvalue weighted by Gasteiger charge is -2.13. The maximum Gasteiger partial charge on any atom is 0.252 e. The minimum Gasteiger partial charge on any atom is -0.343 e. The molecule has 2 aromatic carbocycles. The number of carbonyl (C=O) groups is 2. The van der Waals surface area contributed by atoms with Crippen molar-refractivity contribution in [1.29, 1.82) is 0 Å². The highest BCUT2D eigenvalue weighted by molar-refractivity contribution is 6.67. The Hall–Kier alpha value is -1.91. The summed E-state index contributed by atoms with van der Waals surface area (Å²) in [5, 5.41) is 1.74. The molecule has 2 N–H and O–H groups in total. The third-order valence-corrected chi connectivity index (χ3v) is 4.00. The Kier molecular flexibility index (Phi) is 6.56. The van der Waals surface area contributed by atoms with E-state index in [-0.39, 0.29) is 0 Å². The van der Waals surface area contributed by atoms with Gasteiger partial charge in [0.2, 0.25) is 5.91 Å². The lowest BCUT2D eigenvalue weighted by atomic mass is 10.1. The van der Waals surface area contributed by atoms with Crippen molar-refractivity contribution in [2.45, 2.75) is 19.3 Å². The Morgan fingerprint density at radius 3 is 2.52 bits per heavy atom. The summed E-state index contributed by atoms with van der Waals surface area (Å²) in [5.41, 5.74) is 5.86. The van der Waals surface area contributed by atoms with Crippen molar-refractivity contribution in [1.82, 2.24) is 4.90 Å². The highest BCUT2D eigenvalue weighted by Crippen LogP contribution is 2.16. The fourth-order valence-corrected chi connectivity index (χ4v) is 2.65. The van der Waals surface area contributed by atoms with Gasteiger partial charge in [0, 0.05) is 25.1 Å². The number of hydrogen-bond acceptors (Lipinski definition) is 3. The van der Waals surface area contributed by atoms with Crippen LogP contribution in [0.25, 0.3) is 10.8 Å². The molecule has 1 amide bonds. The van der Waals surface area contributed by atoms with Crippen LogP contribution >= 0.6 is 11.6 Å². The van der Waals surface area contributed by atoms with E-state index in [1.807, 2.05) is 35.2 Å². The Labute approximate surface area is 141 Å². The molecule has 0 atom stereocenters. The molecule has 0 unspecified atom stereocenters. The van der Waals surface area contributed by atoms with Crippen LogP contribution < -0.4 is 5.73 Å². The van der Waals surface area contributed by atoms with Crippen molar-refractivity contribution in [3.05, 3.63) is 48.0 Å². The van der Waals surface area contributed by atoms with Gasteiger partial charge in [-0.3, -0.25) is 9.59 Å². The molecule has 0 aromatic heterocycles. The van der Waals surface area contributed by atoms with E-state index in [0.29, 0.717) is 18.0 Å². The highest BCUT2D eigenvalue weighted by Gasteiger charge is 2.18. The molecule has 1 aliphatic rings. The normalized spacial score (nSPS) is 13.8. The van der Waals surface area contributed by atoms with Gasteiger partial charge in [0.15, 0.2) is 0 Å². The van der Waals surface area contributed by atoms with Gasteiger partial charge in [-0.2, -0.15) is 0 Å². The summed E-state index contributed by atoms with van der Waals surface area (Å²) in [6, 6.07) is 13.3. The Morgan fingerprint density at radius 2 is 1.91 bits per heavy atom. The Balaban J connectivity index is 0.000000174. The summed E-state index contributed by atoms with van der Waals surface area (Å²) < 4.78 is 0. The van der Waals surface area contributed by atoms with Crippen LogP contribution in [-0.2, 0) is 4.79 Å². The Bertz CT molecular complexity index is 688. The smallest absolute Gasteiger partial charge is 0.252 e. The first-order valence-corrected chi connectivity index (χ1v) is 8.16. The third-order valence-electron chi connectivity index (χ3n) is 3.78. The van der Waals surface area contributed by atoms with Gasteiger partial charge in [-0.05, 0) is 53.9 Å². The predicted molar refractivity (Wildman–Crippen MR) is 93.6 cm³/mol. The summed E-state index contributed by atoms with van der Waals surface area (Å²) in [7, 11) is 0. The molecule has 1 aliphatic heterocycles. The van der Waals surface area contributed by atoms with E-state index in [1.165, 1.54) is 0 Å². The quantitative estimate of drug-likeness (QED) is 0.875. The van der Waals surface area contributed by atoms with Gasteiger partial charge in [0.05, 0.1) is 0 Å². The molecule has 0 spiro atoms. The van der Waals surface area contributed by atoms with Crippen molar-refractivity contribution >= 4 is 33.5 Å². The molecular formula is C18H21ClN2O2. The summed E-state index contributed by atoms with van der Waals surface area (Å²) in [5.74, 6) is 0.299. The van der Waals surface area contributed by atoms with Gasteiger partial charge in [-0.25, -0.2) is 0 Å². The van der Waals surface area contributed by atoms with Crippen LogP contribution in [-0.4, -0.2) is 35.7 Å². The van der Waals surface area contributed by atoms with Crippen molar-refractivity contribution in [2.75, 3.05) is 19.6 Å². The van der Waals surface area contributed by atoms with Crippen LogP contribution in [0.2, 0.25) is 0 Å².